The van der Waals surface area contributed by atoms with Crippen molar-refractivity contribution in [3.8, 4) is 22.6 Å². The molecule has 0 saturated heterocycles. The maximum Gasteiger partial charge on any atom is 0.244 e. The molecule has 4 aromatic rings. The Morgan fingerprint density at radius 3 is 2.56 bits per heavy atom. The molecule has 34 heavy (non-hydrogen) atoms. The van der Waals surface area contributed by atoms with E-state index in [-0.39, 0.29) is 5.91 Å². The zero-order chi connectivity index (χ0) is 24.1. The maximum atomic E-state index is 12.6. The largest absolute Gasteiger partial charge is 0.497 e. The topological polar surface area (TPSA) is 73.6 Å². The fourth-order valence-electron chi connectivity index (χ4n) is 3.95. The highest BCUT2D eigenvalue weighted by atomic mass is 16.5. The summed E-state index contributed by atoms with van der Waals surface area (Å²) in [5, 5.41) is 3.90. The van der Waals surface area contributed by atoms with Gasteiger partial charge >= 0.3 is 0 Å². The highest BCUT2D eigenvalue weighted by Crippen LogP contribution is 2.41. The van der Waals surface area contributed by atoms with Crippen molar-refractivity contribution in [2.45, 2.75) is 27.3 Å². The fourth-order valence-corrected chi connectivity index (χ4v) is 3.95. The molecule has 1 N–H and O–H groups in total. The van der Waals surface area contributed by atoms with E-state index in [1.165, 1.54) is 0 Å². The van der Waals surface area contributed by atoms with E-state index in [0.29, 0.717) is 13.2 Å². The second-order valence-electron chi connectivity index (χ2n) is 7.97. The summed E-state index contributed by atoms with van der Waals surface area (Å²) in [5.74, 6) is 1.35. The van der Waals surface area contributed by atoms with Gasteiger partial charge in [0, 0.05) is 47.1 Å². The lowest BCUT2D eigenvalue weighted by atomic mass is 9.96. The van der Waals surface area contributed by atoms with Crippen LogP contribution in [0.5, 0.6) is 11.5 Å². The predicted octanol–water partition coefficient (Wildman–Crippen LogP) is 5.93. The van der Waals surface area contributed by atoms with Gasteiger partial charge in [0.05, 0.1) is 20.0 Å². The minimum absolute atomic E-state index is 0.169. The Hall–Kier alpha value is -4.06. The van der Waals surface area contributed by atoms with E-state index in [2.05, 4.69) is 10.3 Å². The Morgan fingerprint density at radius 1 is 1.15 bits per heavy atom. The van der Waals surface area contributed by atoms with Gasteiger partial charge in [-0.3, -0.25) is 9.78 Å². The Kier molecular flexibility index (Phi) is 6.97. The SMILES string of the molecule is CCOc1c(/C(C)=C/C(=O)NCc2ccncc2)cc2c(-c3ccc(OC)cc3)coc2c1C. The number of methoxy groups -OCH3 is 1. The first-order valence-corrected chi connectivity index (χ1v) is 11.2. The molecule has 2 aromatic carbocycles. The summed E-state index contributed by atoms with van der Waals surface area (Å²) < 4.78 is 17.2. The van der Waals surface area contributed by atoms with Crippen molar-refractivity contribution >= 4 is 22.4 Å². The van der Waals surface area contributed by atoms with Crippen molar-refractivity contribution in [3.05, 3.63) is 83.9 Å². The van der Waals surface area contributed by atoms with Gasteiger partial charge in [0.15, 0.2) is 0 Å². The van der Waals surface area contributed by atoms with Crippen LogP contribution >= 0.6 is 0 Å². The number of benzene rings is 2. The third-order valence-corrected chi connectivity index (χ3v) is 5.72. The molecule has 0 unspecified atom stereocenters. The van der Waals surface area contributed by atoms with Gasteiger partial charge in [0.25, 0.3) is 0 Å². The molecule has 6 heteroatoms. The van der Waals surface area contributed by atoms with E-state index in [1.807, 2.05) is 63.2 Å². The Labute approximate surface area is 199 Å². The molecule has 0 bridgehead atoms. The maximum absolute atomic E-state index is 12.6. The molecular formula is C28H28N2O4. The molecule has 1 amide bonds. The summed E-state index contributed by atoms with van der Waals surface area (Å²) in [7, 11) is 1.65. The molecule has 174 valence electrons. The highest BCUT2D eigenvalue weighted by molar-refractivity contribution is 6.01. The van der Waals surface area contributed by atoms with Crippen LogP contribution in [0.25, 0.3) is 27.7 Å². The zero-order valence-corrected chi connectivity index (χ0v) is 19.8. The number of aryl methyl sites for hydroxylation is 1. The summed E-state index contributed by atoms with van der Waals surface area (Å²) >= 11 is 0. The van der Waals surface area contributed by atoms with E-state index >= 15 is 0 Å². The summed E-state index contributed by atoms with van der Waals surface area (Å²) in [6, 6.07) is 13.7. The number of furan rings is 1. The van der Waals surface area contributed by atoms with Crippen LogP contribution < -0.4 is 14.8 Å². The number of pyridine rings is 1. The minimum atomic E-state index is -0.169. The molecule has 6 nitrogen and oxygen atoms in total. The number of rotatable bonds is 8. The standard InChI is InChI=1S/C28H28N2O4/c1-5-33-27-19(3)28-24(25(17-34-28)21-6-8-22(32-4)9-7-21)15-23(27)18(2)14-26(31)30-16-20-10-12-29-13-11-20/h6-15,17H,5,16H2,1-4H3,(H,30,31)/b18-14+. The van der Waals surface area contributed by atoms with Crippen molar-refractivity contribution in [2.75, 3.05) is 13.7 Å². The summed E-state index contributed by atoms with van der Waals surface area (Å²) in [6.07, 6.45) is 6.79. The summed E-state index contributed by atoms with van der Waals surface area (Å²) in [6.45, 7) is 6.79. The number of aromatic nitrogens is 1. The Bertz CT molecular complexity index is 1320. The molecule has 0 fully saturated rings. The number of amides is 1. The second-order valence-corrected chi connectivity index (χ2v) is 7.97. The monoisotopic (exact) mass is 456 g/mol. The van der Waals surface area contributed by atoms with Crippen LogP contribution in [0.4, 0.5) is 0 Å². The molecule has 0 atom stereocenters. The summed E-state index contributed by atoms with van der Waals surface area (Å²) in [5.41, 5.74) is 6.33. The van der Waals surface area contributed by atoms with Gasteiger partial charge in [-0.25, -0.2) is 0 Å². The number of allylic oxidation sites excluding steroid dienone is 1. The van der Waals surface area contributed by atoms with Crippen LogP contribution in [-0.4, -0.2) is 24.6 Å². The molecule has 0 aliphatic carbocycles. The van der Waals surface area contributed by atoms with E-state index in [9.17, 15) is 4.79 Å². The first kappa shape index (κ1) is 23.1. The quantitative estimate of drug-likeness (QED) is 0.333. The highest BCUT2D eigenvalue weighted by Gasteiger charge is 2.19. The Morgan fingerprint density at radius 2 is 1.88 bits per heavy atom. The van der Waals surface area contributed by atoms with Crippen LogP contribution in [-0.2, 0) is 11.3 Å². The first-order valence-electron chi connectivity index (χ1n) is 11.2. The van der Waals surface area contributed by atoms with Crippen LogP contribution in [0.15, 0.2) is 71.6 Å². The van der Waals surface area contributed by atoms with Crippen molar-refractivity contribution in [2.24, 2.45) is 0 Å². The van der Waals surface area contributed by atoms with Crippen molar-refractivity contribution in [1.82, 2.24) is 10.3 Å². The van der Waals surface area contributed by atoms with Gasteiger partial charge in [-0.05, 0) is 67.8 Å². The third kappa shape index (κ3) is 4.81. The molecular weight excluding hydrogens is 428 g/mol. The van der Waals surface area contributed by atoms with Crippen molar-refractivity contribution in [1.29, 1.82) is 0 Å². The number of ether oxygens (including phenoxy) is 2. The lowest BCUT2D eigenvalue weighted by Crippen LogP contribution is -2.20. The minimum Gasteiger partial charge on any atom is -0.497 e. The molecule has 0 radical (unpaired) electrons. The van der Waals surface area contributed by atoms with Gasteiger partial charge in [-0.2, -0.15) is 0 Å². The predicted molar refractivity (Wildman–Crippen MR) is 134 cm³/mol. The third-order valence-electron chi connectivity index (χ3n) is 5.72. The van der Waals surface area contributed by atoms with Gasteiger partial charge in [-0.15, -0.1) is 0 Å². The number of hydrogen-bond donors (Lipinski definition) is 1. The molecule has 0 saturated carbocycles. The molecule has 4 rings (SSSR count). The van der Waals surface area contributed by atoms with Gasteiger partial charge in [0.2, 0.25) is 5.91 Å². The van der Waals surface area contributed by atoms with Crippen LogP contribution in [0.1, 0.15) is 30.5 Å². The number of carbonyl (C=O) groups is 1. The smallest absolute Gasteiger partial charge is 0.244 e. The molecule has 0 aliphatic heterocycles. The fraction of sp³-hybridized carbons (Fsp3) is 0.214. The average Bonchev–Trinajstić information content (AvgIpc) is 3.29. The van der Waals surface area contributed by atoms with E-state index in [1.54, 1.807) is 31.8 Å². The van der Waals surface area contributed by atoms with Crippen LogP contribution in [0.3, 0.4) is 0 Å². The second kappa shape index (κ2) is 10.3. The van der Waals surface area contributed by atoms with E-state index in [0.717, 1.165) is 55.9 Å². The van der Waals surface area contributed by atoms with Crippen LogP contribution in [0.2, 0.25) is 0 Å². The first-order chi connectivity index (χ1) is 16.5. The summed E-state index contributed by atoms with van der Waals surface area (Å²) in [4.78, 5) is 16.6. The molecule has 2 aromatic heterocycles. The average molecular weight is 457 g/mol. The van der Waals surface area contributed by atoms with Gasteiger partial charge in [0.1, 0.15) is 17.1 Å². The molecule has 0 spiro atoms. The lowest BCUT2D eigenvalue weighted by Gasteiger charge is -2.15. The number of hydrogen-bond acceptors (Lipinski definition) is 5. The van der Waals surface area contributed by atoms with Gasteiger partial charge in [-0.1, -0.05) is 12.1 Å². The molecule has 2 heterocycles. The van der Waals surface area contributed by atoms with E-state index in [4.69, 9.17) is 13.9 Å². The van der Waals surface area contributed by atoms with Crippen molar-refractivity contribution in [3.63, 3.8) is 0 Å². The number of fused-ring (bicyclic) bond motifs is 1. The molecule has 0 aliphatic rings. The van der Waals surface area contributed by atoms with Crippen LogP contribution in [0, 0.1) is 6.92 Å². The number of nitrogens with zero attached hydrogens (tertiary/aromatic N) is 1. The normalized spacial score (nSPS) is 11.5. The van der Waals surface area contributed by atoms with E-state index < -0.39 is 0 Å². The Balaban J connectivity index is 1.71. The number of carbonyl (C=O) groups excluding carboxylic acids is 1. The zero-order valence-electron chi connectivity index (χ0n) is 19.8. The lowest BCUT2D eigenvalue weighted by molar-refractivity contribution is -0.116. The van der Waals surface area contributed by atoms with Crippen molar-refractivity contribution < 1.29 is 18.7 Å². The van der Waals surface area contributed by atoms with Gasteiger partial charge < -0.3 is 19.2 Å². The number of nitrogens with one attached hydrogen (secondary N) is 1.